The molecule has 4 nitrogen and oxygen atoms in total. The number of nitrogens with zero attached hydrogens (tertiary/aromatic N) is 2. The Hall–Kier alpha value is -1.95. The van der Waals surface area contributed by atoms with Crippen LogP contribution in [-0.2, 0) is 6.54 Å². The number of rotatable bonds is 2. The van der Waals surface area contributed by atoms with Gasteiger partial charge < -0.3 is 14.6 Å². The lowest BCUT2D eigenvalue weighted by Gasteiger charge is -2.32. The van der Waals surface area contributed by atoms with Crippen molar-refractivity contribution in [2.75, 3.05) is 24.6 Å². The Bertz CT molecular complexity index is 755. The standard InChI is InChI=1S/C14H14F2N2O2/c1-8-7-18-3-2-17(4-5-19)13-11(16)10(15)6-9(12(13)18)14(8)20/h6-7,19H,2-5H2,1H3. The van der Waals surface area contributed by atoms with Crippen LogP contribution in [0.15, 0.2) is 17.1 Å². The molecule has 0 fully saturated rings. The van der Waals surface area contributed by atoms with Crippen LogP contribution in [0.5, 0.6) is 0 Å². The maximum atomic E-state index is 14.1. The first-order valence-corrected chi connectivity index (χ1v) is 6.42. The third kappa shape index (κ3) is 1.71. The maximum Gasteiger partial charge on any atom is 0.192 e. The highest BCUT2D eigenvalue weighted by atomic mass is 19.2. The first-order chi connectivity index (χ1) is 9.54. The predicted octanol–water partition coefficient (Wildman–Crippen LogP) is 1.40. The molecule has 0 aliphatic carbocycles. The summed E-state index contributed by atoms with van der Waals surface area (Å²) in [6, 6.07) is 0.961. The van der Waals surface area contributed by atoms with Crippen molar-refractivity contribution in [2.24, 2.45) is 0 Å². The molecule has 0 saturated carbocycles. The molecular formula is C14H14F2N2O2. The van der Waals surface area contributed by atoms with Crippen molar-refractivity contribution in [1.29, 1.82) is 0 Å². The molecule has 3 rings (SSSR count). The molecule has 1 aliphatic heterocycles. The Labute approximate surface area is 113 Å². The molecule has 2 heterocycles. The summed E-state index contributed by atoms with van der Waals surface area (Å²) < 4.78 is 29.7. The second-order valence-electron chi connectivity index (χ2n) is 4.96. The zero-order chi connectivity index (χ0) is 14.4. The van der Waals surface area contributed by atoms with Crippen LogP contribution < -0.4 is 10.3 Å². The van der Waals surface area contributed by atoms with Crippen molar-refractivity contribution in [2.45, 2.75) is 13.5 Å². The van der Waals surface area contributed by atoms with E-state index in [1.54, 1.807) is 22.6 Å². The van der Waals surface area contributed by atoms with Gasteiger partial charge in [0.15, 0.2) is 17.1 Å². The number of pyridine rings is 1. The SMILES string of the molecule is Cc1cn2c3c(c(F)c(F)cc3c1=O)N(CCO)CC2. The van der Waals surface area contributed by atoms with Gasteiger partial charge in [0, 0.05) is 31.4 Å². The lowest BCUT2D eigenvalue weighted by atomic mass is 10.1. The third-order valence-corrected chi connectivity index (χ3v) is 3.70. The fraction of sp³-hybridized carbons (Fsp3) is 0.357. The fourth-order valence-corrected chi connectivity index (χ4v) is 2.79. The van der Waals surface area contributed by atoms with Gasteiger partial charge >= 0.3 is 0 Å². The van der Waals surface area contributed by atoms with Gasteiger partial charge in [0.05, 0.1) is 17.5 Å². The minimum Gasteiger partial charge on any atom is -0.395 e. The summed E-state index contributed by atoms with van der Waals surface area (Å²) in [4.78, 5) is 13.7. The molecule has 1 N–H and O–H groups in total. The Morgan fingerprint density at radius 1 is 1.35 bits per heavy atom. The van der Waals surface area contributed by atoms with Crippen LogP contribution in [0, 0.1) is 18.6 Å². The van der Waals surface area contributed by atoms with Crippen LogP contribution in [0.4, 0.5) is 14.5 Å². The smallest absolute Gasteiger partial charge is 0.192 e. The topological polar surface area (TPSA) is 45.5 Å². The molecule has 2 aromatic rings. The van der Waals surface area contributed by atoms with Gasteiger partial charge in [-0.25, -0.2) is 8.78 Å². The summed E-state index contributed by atoms with van der Waals surface area (Å²) in [7, 11) is 0. The van der Waals surface area contributed by atoms with Gasteiger partial charge in [-0.05, 0) is 13.0 Å². The molecule has 0 bridgehead atoms. The van der Waals surface area contributed by atoms with Crippen molar-refractivity contribution in [1.82, 2.24) is 4.57 Å². The molecule has 0 spiro atoms. The van der Waals surface area contributed by atoms with Crippen molar-refractivity contribution in [3.63, 3.8) is 0 Å². The van der Waals surface area contributed by atoms with E-state index in [1.165, 1.54) is 0 Å². The highest BCUT2D eigenvalue weighted by Gasteiger charge is 2.26. The Balaban J connectivity index is 2.45. The summed E-state index contributed by atoms with van der Waals surface area (Å²) in [6.45, 7) is 2.73. The summed E-state index contributed by atoms with van der Waals surface area (Å²) in [5.41, 5.74) is 0.684. The van der Waals surface area contributed by atoms with E-state index >= 15 is 0 Å². The van der Waals surface area contributed by atoms with Crippen molar-refractivity contribution >= 4 is 16.6 Å². The second-order valence-corrected chi connectivity index (χ2v) is 4.96. The average Bonchev–Trinajstić information content (AvgIpc) is 2.42. The molecule has 0 saturated heterocycles. The van der Waals surface area contributed by atoms with Gasteiger partial charge in [0.1, 0.15) is 5.69 Å². The van der Waals surface area contributed by atoms with E-state index in [0.717, 1.165) is 6.07 Å². The zero-order valence-electron chi connectivity index (χ0n) is 11.0. The van der Waals surface area contributed by atoms with E-state index in [4.69, 9.17) is 5.11 Å². The van der Waals surface area contributed by atoms with Gasteiger partial charge in [-0.15, -0.1) is 0 Å². The highest BCUT2D eigenvalue weighted by molar-refractivity contribution is 5.92. The molecule has 1 aromatic carbocycles. The zero-order valence-corrected chi connectivity index (χ0v) is 11.0. The molecule has 0 unspecified atom stereocenters. The van der Waals surface area contributed by atoms with E-state index in [1.807, 2.05) is 0 Å². The third-order valence-electron chi connectivity index (χ3n) is 3.70. The highest BCUT2D eigenvalue weighted by Crippen LogP contribution is 2.33. The van der Waals surface area contributed by atoms with Crippen LogP contribution in [0.25, 0.3) is 10.9 Å². The number of β-amino-alcohol motifs (C(OH)–C–C–N with tert-alkyl or cyclic N) is 1. The normalized spacial score (nSPS) is 14.1. The average molecular weight is 280 g/mol. The number of halogens is 2. The molecule has 0 atom stereocenters. The Morgan fingerprint density at radius 3 is 2.80 bits per heavy atom. The molecule has 0 radical (unpaired) electrons. The Kier molecular flexibility index (Phi) is 2.97. The van der Waals surface area contributed by atoms with Gasteiger partial charge in [-0.2, -0.15) is 0 Å². The summed E-state index contributed by atoms with van der Waals surface area (Å²) in [6.07, 6.45) is 1.67. The van der Waals surface area contributed by atoms with E-state index in [0.29, 0.717) is 24.2 Å². The summed E-state index contributed by atoms with van der Waals surface area (Å²) >= 11 is 0. The van der Waals surface area contributed by atoms with Crippen LogP contribution in [0.1, 0.15) is 5.56 Å². The molecule has 106 valence electrons. The minimum atomic E-state index is -1.04. The monoisotopic (exact) mass is 280 g/mol. The molecular weight excluding hydrogens is 266 g/mol. The first kappa shape index (κ1) is 13.1. The number of hydrogen-bond acceptors (Lipinski definition) is 3. The fourth-order valence-electron chi connectivity index (χ4n) is 2.79. The van der Waals surface area contributed by atoms with Crippen LogP contribution >= 0.6 is 0 Å². The summed E-state index contributed by atoms with van der Waals surface area (Å²) in [5, 5.41) is 9.24. The van der Waals surface area contributed by atoms with Crippen LogP contribution in [0.3, 0.4) is 0 Å². The van der Waals surface area contributed by atoms with Gasteiger partial charge in [0.2, 0.25) is 0 Å². The number of anilines is 1. The lowest BCUT2D eigenvalue weighted by Crippen LogP contribution is -2.36. The van der Waals surface area contributed by atoms with Gasteiger partial charge in [-0.1, -0.05) is 0 Å². The molecule has 6 heteroatoms. The molecule has 0 amide bonds. The number of hydrogen-bond donors (Lipinski definition) is 1. The van der Waals surface area contributed by atoms with Crippen molar-refractivity contribution in [3.05, 3.63) is 39.7 Å². The second kappa shape index (κ2) is 4.56. The Morgan fingerprint density at radius 2 is 2.10 bits per heavy atom. The van der Waals surface area contributed by atoms with E-state index in [-0.39, 0.29) is 29.7 Å². The van der Waals surface area contributed by atoms with Crippen molar-refractivity contribution in [3.8, 4) is 0 Å². The number of aliphatic hydroxyl groups excluding tert-OH is 1. The predicted molar refractivity (Wildman–Crippen MR) is 72.2 cm³/mol. The van der Waals surface area contributed by atoms with E-state index in [9.17, 15) is 13.6 Å². The molecule has 20 heavy (non-hydrogen) atoms. The van der Waals surface area contributed by atoms with Crippen LogP contribution in [0.2, 0.25) is 0 Å². The summed E-state index contributed by atoms with van der Waals surface area (Å²) in [5.74, 6) is -2.01. The molecule has 1 aliphatic rings. The van der Waals surface area contributed by atoms with Gasteiger partial charge in [-0.3, -0.25) is 4.79 Å². The van der Waals surface area contributed by atoms with Crippen LogP contribution in [-0.4, -0.2) is 29.4 Å². The first-order valence-electron chi connectivity index (χ1n) is 6.42. The number of aryl methyl sites for hydroxylation is 1. The quantitative estimate of drug-likeness (QED) is 0.904. The largest absolute Gasteiger partial charge is 0.395 e. The van der Waals surface area contributed by atoms with E-state index < -0.39 is 11.6 Å². The van der Waals surface area contributed by atoms with Gasteiger partial charge in [0.25, 0.3) is 0 Å². The number of benzene rings is 1. The number of aromatic nitrogens is 1. The van der Waals surface area contributed by atoms with Crippen molar-refractivity contribution < 1.29 is 13.9 Å². The lowest BCUT2D eigenvalue weighted by molar-refractivity contribution is 0.300. The minimum absolute atomic E-state index is 0.0670. The number of aliphatic hydroxyl groups is 1. The van der Waals surface area contributed by atoms with E-state index in [2.05, 4.69) is 0 Å². The molecule has 1 aromatic heterocycles. The maximum absolute atomic E-state index is 14.1.